The SMILES string of the molecule is CC(C)(C)CC(C)(C)OO[Si](C)(C)C(C)(C)C. The minimum Gasteiger partial charge on any atom is -0.286 e. The normalized spacial score (nSPS) is 15.2. The molecule has 0 saturated carbocycles. The highest BCUT2D eigenvalue weighted by Crippen LogP contribution is 2.38. The van der Waals surface area contributed by atoms with Gasteiger partial charge in [-0.05, 0) is 43.8 Å². The zero-order valence-electron chi connectivity index (χ0n) is 13.5. The van der Waals surface area contributed by atoms with Crippen LogP contribution in [0, 0.1) is 5.41 Å². The summed E-state index contributed by atoms with van der Waals surface area (Å²) in [6.45, 7) is 22.0. The van der Waals surface area contributed by atoms with Crippen molar-refractivity contribution in [3.05, 3.63) is 0 Å². The molecule has 0 atom stereocenters. The van der Waals surface area contributed by atoms with Gasteiger partial charge in [-0.1, -0.05) is 41.5 Å². The molecule has 3 heteroatoms. The molecule has 0 heterocycles. The lowest BCUT2D eigenvalue weighted by molar-refractivity contribution is -0.299. The third kappa shape index (κ3) is 6.58. The molecule has 0 bridgehead atoms. The van der Waals surface area contributed by atoms with Gasteiger partial charge in [0.1, 0.15) is 0 Å². The number of rotatable bonds is 4. The third-order valence-electron chi connectivity index (χ3n) is 3.24. The highest BCUT2D eigenvalue weighted by molar-refractivity contribution is 6.73. The Labute approximate surface area is 109 Å². The summed E-state index contributed by atoms with van der Waals surface area (Å²) < 4.78 is 5.84. The van der Waals surface area contributed by atoms with Gasteiger partial charge in [0.15, 0.2) is 0 Å². The van der Waals surface area contributed by atoms with Crippen molar-refractivity contribution < 1.29 is 9.46 Å². The topological polar surface area (TPSA) is 18.5 Å². The largest absolute Gasteiger partial charge is 0.286 e. The van der Waals surface area contributed by atoms with Gasteiger partial charge in [-0.2, -0.15) is 0 Å². The third-order valence-corrected chi connectivity index (χ3v) is 7.35. The summed E-state index contributed by atoms with van der Waals surface area (Å²) in [6, 6.07) is 0. The van der Waals surface area contributed by atoms with Gasteiger partial charge in [-0.3, -0.25) is 4.58 Å². The minimum absolute atomic E-state index is 0.185. The maximum atomic E-state index is 5.84. The Kier molecular flexibility index (Phi) is 5.06. The zero-order valence-corrected chi connectivity index (χ0v) is 14.5. The molecule has 0 aromatic rings. The fourth-order valence-corrected chi connectivity index (χ4v) is 2.33. The molecule has 0 aromatic heterocycles. The predicted octanol–water partition coefficient (Wildman–Crippen LogP) is 5.15. The molecule has 0 aromatic carbocycles. The molecule has 0 fully saturated rings. The molecule has 2 nitrogen and oxygen atoms in total. The second kappa shape index (κ2) is 5.02. The standard InChI is InChI=1S/C14H32O2Si/c1-12(2,3)11-14(7,8)15-16-17(9,10)13(4,5)6/h11H2,1-10H3. The van der Waals surface area contributed by atoms with Crippen molar-refractivity contribution in [2.75, 3.05) is 0 Å². The Morgan fingerprint density at radius 3 is 1.53 bits per heavy atom. The van der Waals surface area contributed by atoms with Crippen molar-refractivity contribution in [2.45, 2.75) is 85.5 Å². The van der Waals surface area contributed by atoms with Crippen molar-refractivity contribution in [3.8, 4) is 0 Å². The van der Waals surface area contributed by atoms with Crippen LogP contribution in [0.5, 0.6) is 0 Å². The summed E-state index contributed by atoms with van der Waals surface area (Å²) in [6.07, 6.45) is 0.981. The lowest BCUT2D eigenvalue weighted by Gasteiger charge is -2.39. The Morgan fingerprint density at radius 1 is 0.824 bits per heavy atom. The van der Waals surface area contributed by atoms with Crippen LogP contribution in [0.4, 0.5) is 0 Å². The van der Waals surface area contributed by atoms with E-state index in [4.69, 9.17) is 9.46 Å². The zero-order chi connectivity index (χ0) is 14.1. The van der Waals surface area contributed by atoms with Crippen LogP contribution < -0.4 is 0 Å². The molecule has 0 radical (unpaired) electrons. The first-order valence-corrected chi connectivity index (χ1v) is 9.44. The van der Waals surface area contributed by atoms with Crippen LogP contribution in [-0.2, 0) is 9.46 Å². The van der Waals surface area contributed by atoms with E-state index in [1.807, 2.05) is 0 Å². The second-order valence-corrected chi connectivity index (χ2v) is 13.1. The van der Waals surface area contributed by atoms with E-state index >= 15 is 0 Å². The average molecular weight is 260 g/mol. The van der Waals surface area contributed by atoms with E-state index in [-0.39, 0.29) is 16.1 Å². The molecule has 17 heavy (non-hydrogen) atoms. The van der Waals surface area contributed by atoms with Crippen LogP contribution in [0.15, 0.2) is 0 Å². The highest BCUT2D eigenvalue weighted by atomic mass is 28.4. The van der Waals surface area contributed by atoms with Gasteiger partial charge >= 0.3 is 0 Å². The Bertz CT molecular complexity index is 244. The van der Waals surface area contributed by atoms with Crippen molar-refractivity contribution in [2.24, 2.45) is 5.41 Å². The molecule has 0 spiro atoms. The minimum atomic E-state index is -1.81. The molecule has 104 valence electrons. The molecular formula is C14H32O2Si. The van der Waals surface area contributed by atoms with Crippen LogP contribution in [0.2, 0.25) is 18.1 Å². The Balaban J connectivity index is 4.47. The fraction of sp³-hybridized carbons (Fsp3) is 1.00. The quantitative estimate of drug-likeness (QED) is 0.395. The lowest BCUT2D eigenvalue weighted by Crippen LogP contribution is -2.44. The second-order valence-electron chi connectivity index (χ2n) is 8.42. The lowest BCUT2D eigenvalue weighted by atomic mass is 9.84. The maximum absolute atomic E-state index is 5.84. The van der Waals surface area contributed by atoms with E-state index in [2.05, 4.69) is 68.5 Å². The number of hydrogen-bond donors (Lipinski definition) is 0. The van der Waals surface area contributed by atoms with Gasteiger partial charge in [0.05, 0.1) is 5.60 Å². The van der Waals surface area contributed by atoms with Crippen molar-refractivity contribution in [3.63, 3.8) is 0 Å². The first kappa shape index (κ1) is 17.1. The maximum Gasteiger partial charge on any atom is 0.238 e. The molecule has 0 unspecified atom stereocenters. The van der Waals surface area contributed by atoms with Crippen LogP contribution in [0.25, 0.3) is 0 Å². The van der Waals surface area contributed by atoms with Gasteiger partial charge in [0, 0.05) is 0 Å². The van der Waals surface area contributed by atoms with Crippen LogP contribution in [0.3, 0.4) is 0 Å². The van der Waals surface area contributed by atoms with E-state index in [0.717, 1.165) is 6.42 Å². The predicted molar refractivity (Wildman–Crippen MR) is 77.5 cm³/mol. The van der Waals surface area contributed by atoms with Crippen LogP contribution >= 0.6 is 0 Å². The van der Waals surface area contributed by atoms with Crippen molar-refractivity contribution in [1.82, 2.24) is 0 Å². The highest BCUT2D eigenvalue weighted by Gasteiger charge is 2.41. The average Bonchev–Trinajstić information content (AvgIpc) is 1.94. The van der Waals surface area contributed by atoms with Crippen LogP contribution in [-0.4, -0.2) is 13.9 Å². The molecular weight excluding hydrogens is 228 g/mol. The van der Waals surface area contributed by atoms with E-state index in [1.165, 1.54) is 0 Å². The van der Waals surface area contributed by atoms with E-state index in [9.17, 15) is 0 Å². The van der Waals surface area contributed by atoms with Gasteiger partial charge in [-0.15, -0.1) is 0 Å². The van der Waals surface area contributed by atoms with Gasteiger partial charge in [0.2, 0.25) is 8.32 Å². The summed E-state index contributed by atoms with van der Waals surface area (Å²) in [4.78, 5) is 5.76. The first-order chi connectivity index (χ1) is 7.16. The van der Waals surface area contributed by atoms with E-state index in [0.29, 0.717) is 0 Å². The Hall–Kier alpha value is 0.137. The fourth-order valence-electron chi connectivity index (χ4n) is 1.65. The molecule has 0 N–H and O–H groups in total. The van der Waals surface area contributed by atoms with E-state index in [1.54, 1.807) is 0 Å². The smallest absolute Gasteiger partial charge is 0.238 e. The number of hydrogen-bond acceptors (Lipinski definition) is 2. The summed E-state index contributed by atoms with van der Waals surface area (Å²) in [5, 5.41) is 0.185. The van der Waals surface area contributed by atoms with Gasteiger partial charge < -0.3 is 0 Å². The Morgan fingerprint density at radius 2 is 1.24 bits per heavy atom. The molecule has 0 saturated heterocycles. The molecule has 0 aliphatic heterocycles. The summed E-state index contributed by atoms with van der Waals surface area (Å²) in [5.74, 6) is 0. The molecule has 0 aliphatic carbocycles. The van der Waals surface area contributed by atoms with Crippen LogP contribution in [0.1, 0.15) is 61.8 Å². The summed E-state index contributed by atoms with van der Waals surface area (Å²) >= 11 is 0. The summed E-state index contributed by atoms with van der Waals surface area (Å²) in [7, 11) is -1.81. The van der Waals surface area contributed by atoms with Gasteiger partial charge in [0.25, 0.3) is 0 Å². The van der Waals surface area contributed by atoms with Gasteiger partial charge in [-0.25, -0.2) is 4.89 Å². The molecule has 0 rings (SSSR count). The molecule has 0 aliphatic rings. The summed E-state index contributed by atoms with van der Waals surface area (Å²) in [5.41, 5.74) is 0.0219. The first-order valence-electron chi connectivity index (χ1n) is 6.53. The van der Waals surface area contributed by atoms with Crippen molar-refractivity contribution >= 4 is 8.32 Å². The van der Waals surface area contributed by atoms with E-state index < -0.39 is 8.32 Å². The molecule has 0 amide bonds. The van der Waals surface area contributed by atoms with Crippen molar-refractivity contribution in [1.29, 1.82) is 0 Å². The monoisotopic (exact) mass is 260 g/mol.